The smallest absolute Gasteiger partial charge is 0.326 e. The average molecular weight is 388 g/mol. The van der Waals surface area contributed by atoms with Crippen LogP contribution in [0.2, 0.25) is 0 Å². The van der Waals surface area contributed by atoms with E-state index in [-0.39, 0.29) is 12.5 Å². The van der Waals surface area contributed by atoms with Crippen LogP contribution < -0.4 is 9.64 Å². The predicted molar refractivity (Wildman–Crippen MR) is 105 cm³/mol. The highest BCUT2D eigenvalue weighted by molar-refractivity contribution is 7.11. The summed E-state index contributed by atoms with van der Waals surface area (Å²) in [5.41, 5.74) is 2.36. The van der Waals surface area contributed by atoms with Crippen molar-refractivity contribution >= 4 is 28.9 Å². The Bertz CT molecular complexity index is 862. The summed E-state index contributed by atoms with van der Waals surface area (Å²) in [4.78, 5) is 32.0. The molecule has 0 radical (unpaired) electrons. The standard InChI is InChI=1S/C20H24N2O4S/c1-5-6-9-25-18(23)11-22-16-10-15(19-13(3)27-14(4)21-19)7-8-17(16)26-12(2)20(22)24/h7-8,10,12H,5-6,9,11H2,1-4H3. The number of amides is 1. The minimum absolute atomic E-state index is 0.123. The fourth-order valence-corrected chi connectivity index (χ4v) is 3.86. The van der Waals surface area contributed by atoms with E-state index in [1.165, 1.54) is 4.90 Å². The van der Waals surface area contributed by atoms with Gasteiger partial charge in [0.25, 0.3) is 5.91 Å². The fourth-order valence-electron chi connectivity index (χ4n) is 3.02. The van der Waals surface area contributed by atoms with Gasteiger partial charge in [-0.25, -0.2) is 4.98 Å². The summed E-state index contributed by atoms with van der Waals surface area (Å²) >= 11 is 1.63. The summed E-state index contributed by atoms with van der Waals surface area (Å²) in [7, 11) is 0. The zero-order valence-electron chi connectivity index (χ0n) is 16.1. The molecule has 1 aliphatic rings. The van der Waals surface area contributed by atoms with Crippen LogP contribution in [0.3, 0.4) is 0 Å². The van der Waals surface area contributed by atoms with Crippen molar-refractivity contribution in [3.05, 3.63) is 28.1 Å². The molecule has 7 heteroatoms. The predicted octanol–water partition coefficient (Wildman–Crippen LogP) is 3.88. The summed E-state index contributed by atoms with van der Waals surface area (Å²) in [6, 6.07) is 5.62. The summed E-state index contributed by atoms with van der Waals surface area (Å²) < 4.78 is 11.0. The van der Waals surface area contributed by atoms with Crippen LogP contribution in [0.25, 0.3) is 11.3 Å². The molecular weight excluding hydrogens is 364 g/mol. The van der Waals surface area contributed by atoms with E-state index in [9.17, 15) is 9.59 Å². The van der Waals surface area contributed by atoms with Crippen molar-refractivity contribution in [3.8, 4) is 17.0 Å². The number of esters is 1. The molecule has 1 aromatic heterocycles. The van der Waals surface area contributed by atoms with Gasteiger partial charge in [0, 0.05) is 10.4 Å². The van der Waals surface area contributed by atoms with Gasteiger partial charge >= 0.3 is 5.97 Å². The number of unbranched alkanes of at least 4 members (excludes halogenated alkanes) is 1. The maximum absolute atomic E-state index is 12.7. The number of aromatic nitrogens is 1. The topological polar surface area (TPSA) is 68.7 Å². The first-order chi connectivity index (χ1) is 12.9. The summed E-state index contributed by atoms with van der Waals surface area (Å²) in [6.45, 7) is 7.94. The minimum atomic E-state index is -0.643. The van der Waals surface area contributed by atoms with Crippen LogP contribution in [0.1, 0.15) is 36.6 Å². The van der Waals surface area contributed by atoms with E-state index in [1.54, 1.807) is 18.3 Å². The molecule has 27 heavy (non-hydrogen) atoms. The zero-order chi connectivity index (χ0) is 19.6. The monoisotopic (exact) mass is 388 g/mol. The number of nitrogens with zero attached hydrogens (tertiary/aromatic N) is 2. The van der Waals surface area contributed by atoms with Crippen LogP contribution in [-0.2, 0) is 14.3 Å². The van der Waals surface area contributed by atoms with E-state index in [0.717, 1.165) is 34.0 Å². The number of thiazole rings is 1. The molecule has 3 rings (SSSR count). The molecule has 1 aromatic carbocycles. The number of ether oxygens (including phenoxy) is 2. The Balaban J connectivity index is 1.91. The van der Waals surface area contributed by atoms with Gasteiger partial charge in [-0.05, 0) is 45.4 Å². The Hall–Kier alpha value is -2.41. The lowest BCUT2D eigenvalue weighted by molar-refractivity contribution is -0.143. The van der Waals surface area contributed by atoms with Crippen molar-refractivity contribution in [1.29, 1.82) is 0 Å². The minimum Gasteiger partial charge on any atom is -0.479 e. The highest BCUT2D eigenvalue weighted by Crippen LogP contribution is 2.38. The van der Waals surface area contributed by atoms with Crippen LogP contribution in [0.5, 0.6) is 5.75 Å². The third-order valence-corrected chi connectivity index (χ3v) is 5.28. The van der Waals surface area contributed by atoms with Gasteiger partial charge in [0.1, 0.15) is 12.3 Å². The van der Waals surface area contributed by atoms with Crippen LogP contribution in [0.4, 0.5) is 5.69 Å². The van der Waals surface area contributed by atoms with Gasteiger partial charge in [0.15, 0.2) is 6.10 Å². The summed E-state index contributed by atoms with van der Waals surface area (Å²) in [6.07, 6.45) is 1.11. The van der Waals surface area contributed by atoms with Gasteiger partial charge in [-0.15, -0.1) is 11.3 Å². The van der Waals surface area contributed by atoms with E-state index in [1.807, 2.05) is 39.0 Å². The Morgan fingerprint density at radius 3 is 2.81 bits per heavy atom. The molecule has 1 amide bonds. The second kappa shape index (κ2) is 8.08. The Kier molecular flexibility index (Phi) is 5.79. The molecule has 0 saturated heterocycles. The number of fused-ring (bicyclic) bond motifs is 1. The molecule has 2 heterocycles. The van der Waals surface area contributed by atoms with E-state index < -0.39 is 12.1 Å². The number of hydrogen-bond donors (Lipinski definition) is 0. The third-order valence-electron chi connectivity index (χ3n) is 4.39. The Labute approximate surface area is 163 Å². The summed E-state index contributed by atoms with van der Waals surface area (Å²) in [5.74, 6) is -0.0852. The number of carbonyl (C=O) groups excluding carboxylic acids is 2. The quantitative estimate of drug-likeness (QED) is 0.555. The van der Waals surface area contributed by atoms with Crippen molar-refractivity contribution in [1.82, 2.24) is 4.98 Å². The lowest BCUT2D eigenvalue weighted by Gasteiger charge is -2.32. The molecule has 2 aromatic rings. The van der Waals surface area contributed by atoms with Gasteiger partial charge < -0.3 is 9.47 Å². The Morgan fingerprint density at radius 2 is 2.15 bits per heavy atom. The van der Waals surface area contributed by atoms with Crippen LogP contribution in [-0.4, -0.2) is 36.1 Å². The van der Waals surface area contributed by atoms with Crippen LogP contribution in [0.15, 0.2) is 18.2 Å². The number of hydrogen-bond acceptors (Lipinski definition) is 6. The molecule has 0 saturated carbocycles. The maximum atomic E-state index is 12.7. The van der Waals surface area contributed by atoms with Gasteiger partial charge in [0.05, 0.1) is 23.0 Å². The van der Waals surface area contributed by atoms with E-state index in [4.69, 9.17) is 9.47 Å². The highest BCUT2D eigenvalue weighted by atomic mass is 32.1. The van der Waals surface area contributed by atoms with Crippen molar-refractivity contribution in [3.63, 3.8) is 0 Å². The highest BCUT2D eigenvalue weighted by Gasteiger charge is 2.33. The number of aryl methyl sites for hydroxylation is 2. The van der Waals surface area contributed by atoms with Crippen molar-refractivity contribution < 1.29 is 19.1 Å². The first kappa shape index (κ1) is 19.4. The number of rotatable bonds is 6. The number of carbonyl (C=O) groups is 2. The molecule has 1 aliphatic heterocycles. The van der Waals surface area contributed by atoms with E-state index >= 15 is 0 Å². The third kappa shape index (κ3) is 4.13. The molecule has 0 spiro atoms. The van der Waals surface area contributed by atoms with E-state index in [2.05, 4.69) is 4.98 Å². The number of anilines is 1. The van der Waals surface area contributed by atoms with Gasteiger partial charge in [0.2, 0.25) is 0 Å². The molecule has 0 bridgehead atoms. The van der Waals surface area contributed by atoms with Crippen molar-refractivity contribution in [2.75, 3.05) is 18.1 Å². The van der Waals surface area contributed by atoms with Crippen molar-refractivity contribution in [2.24, 2.45) is 0 Å². The van der Waals surface area contributed by atoms with Crippen molar-refractivity contribution in [2.45, 2.75) is 46.6 Å². The van der Waals surface area contributed by atoms with Gasteiger partial charge in [-0.2, -0.15) is 0 Å². The van der Waals surface area contributed by atoms with Gasteiger partial charge in [-0.1, -0.05) is 13.3 Å². The lowest BCUT2D eigenvalue weighted by Crippen LogP contribution is -2.47. The van der Waals surface area contributed by atoms with Gasteiger partial charge in [-0.3, -0.25) is 14.5 Å². The maximum Gasteiger partial charge on any atom is 0.326 e. The molecule has 6 nitrogen and oxygen atoms in total. The summed E-state index contributed by atoms with van der Waals surface area (Å²) in [5, 5.41) is 0.984. The molecule has 1 atom stereocenters. The zero-order valence-corrected chi connectivity index (χ0v) is 16.9. The van der Waals surface area contributed by atoms with E-state index in [0.29, 0.717) is 18.0 Å². The molecule has 1 unspecified atom stereocenters. The SMILES string of the molecule is CCCCOC(=O)CN1C(=O)C(C)Oc2ccc(-c3nc(C)sc3C)cc21. The second-order valence-corrected chi connectivity index (χ2v) is 7.99. The normalized spacial score (nSPS) is 16.1. The first-order valence-electron chi connectivity index (χ1n) is 9.12. The molecule has 0 aliphatic carbocycles. The molecule has 144 valence electrons. The molecule has 0 N–H and O–H groups in total. The molecule has 0 fully saturated rings. The Morgan fingerprint density at radius 1 is 1.37 bits per heavy atom. The second-order valence-electron chi connectivity index (χ2n) is 6.58. The average Bonchev–Trinajstić information content (AvgIpc) is 2.97. The lowest BCUT2D eigenvalue weighted by atomic mass is 10.1. The number of benzene rings is 1. The molecular formula is C20H24N2O4S. The van der Waals surface area contributed by atoms with Crippen LogP contribution >= 0.6 is 11.3 Å². The first-order valence-corrected chi connectivity index (χ1v) is 9.94. The largest absolute Gasteiger partial charge is 0.479 e. The fraction of sp³-hybridized carbons (Fsp3) is 0.450. The van der Waals surface area contributed by atoms with Crippen LogP contribution in [0, 0.1) is 13.8 Å².